The normalized spacial score (nSPS) is 15.9. The maximum absolute atomic E-state index is 14.3. The third kappa shape index (κ3) is 4.56. The van der Waals surface area contributed by atoms with Gasteiger partial charge in [0.1, 0.15) is 0 Å². The van der Waals surface area contributed by atoms with Crippen molar-refractivity contribution in [3.63, 3.8) is 0 Å². The van der Waals surface area contributed by atoms with Gasteiger partial charge in [-0.3, -0.25) is 9.69 Å². The van der Waals surface area contributed by atoms with E-state index in [0.717, 1.165) is 51.5 Å². The monoisotopic (exact) mass is 456 g/mol. The van der Waals surface area contributed by atoms with Crippen molar-refractivity contribution in [3.05, 3.63) is 95.1 Å². The van der Waals surface area contributed by atoms with E-state index >= 15 is 0 Å². The van der Waals surface area contributed by atoms with Gasteiger partial charge in [0.05, 0.1) is 28.8 Å². The van der Waals surface area contributed by atoms with Gasteiger partial charge in [-0.05, 0) is 55.0 Å². The molecular weight excluding hydrogens is 428 g/mol. The Balaban J connectivity index is 1.60. The van der Waals surface area contributed by atoms with E-state index in [9.17, 15) is 4.79 Å². The fraction of sp³-hybridized carbons (Fsp3) is 0.286. The molecule has 4 aromatic rings. The number of nitrogens with zero attached hydrogens (tertiary/aromatic N) is 2. The minimum atomic E-state index is -0.399. The van der Waals surface area contributed by atoms with Crippen LogP contribution in [0.25, 0.3) is 10.2 Å². The number of aromatic nitrogens is 1. The number of fused-ring (bicyclic) bond motifs is 1. The van der Waals surface area contributed by atoms with Crippen molar-refractivity contribution < 1.29 is 9.53 Å². The lowest BCUT2D eigenvalue weighted by Crippen LogP contribution is -2.40. The van der Waals surface area contributed by atoms with Crippen LogP contribution in [0.2, 0.25) is 0 Å². The molecule has 0 N–H and O–H groups in total. The van der Waals surface area contributed by atoms with Crippen LogP contribution in [-0.4, -0.2) is 30.1 Å². The molecule has 0 radical (unpaired) electrons. The average molecular weight is 457 g/mol. The molecule has 33 heavy (non-hydrogen) atoms. The summed E-state index contributed by atoms with van der Waals surface area (Å²) >= 11 is 1.59. The smallest absolute Gasteiger partial charge is 0.240 e. The summed E-state index contributed by atoms with van der Waals surface area (Å²) < 4.78 is 7.06. The summed E-state index contributed by atoms with van der Waals surface area (Å²) in [6.45, 7) is 5.46. The van der Waals surface area contributed by atoms with Crippen LogP contribution in [-0.2, 0) is 9.53 Å². The molecule has 1 aliphatic rings. The Bertz CT molecular complexity index is 1210. The highest BCUT2D eigenvalue weighted by Gasteiger charge is 2.33. The number of ether oxygens (including phenoxy) is 1. The SMILES string of the molecule is Cc1cc(C)c2nc(N(CC3CCCO3)C(=O)C(c3ccccc3)c3ccccc3)sc2c1. The number of rotatable bonds is 6. The van der Waals surface area contributed by atoms with Gasteiger partial charge in [-0.25, -0.2) is 4.98 Å². The fourth-order valence-corrected chi connectivity index (χ4v) is 5.81. The van der Waals surface area contributed by atoms with Gasteiger partial charge in [0.15, 0.2) is 5.13 Å². The zero-order valence-corrected chi connectivity index (χ0v) is 19.8. The Morgan fingerprint density at radius 3 is 2.33 bits per heavy atom. The standard InChI is InChI=1S/C28H28N2O2S/c1-19-16-20(2)26-24(17-19)33-28(29-26)30(18-23-14-9-15-32-23)27(31)25(21-10-5-3-6-11-21)22-12-7-4-8-13-22/h3-8,10-13,16-17,23,25H,9,14-15,18H2,1-2H3. The Kier molecular flexibility index (Phi) is 6.25. The number of anilines is 1. The molecule has 0 bridgehead atoms. The Hall–Kier alpha value is -3.02. The number of carbonyl (C=O) groups excluding carboxylic acids is 1. The van der Waals surface area contributed by atoms with Crippen molar-refractivity contribution in [2.75, 3.05) is 18.1 Å². The molecule has 5 rings (SSSR count). The van der Waals surface area contributed by atoms with Crippen LogP contribution in [0.4, 0.5) is 5.13 Å². The van der Waals surface area contributed by atoms with Gasteiger partial charge >= 0.3 is 0 Å². The van der Waals surface area contributed by atoms with E-state index in [-0.39, 0.29) is 12.0 Å². The summed E-state index contributed by atoms with van der Waals surface area (Å²) in [6, 6.07) is 24.4. The van der Waals surface area contributed by atoms with Crippen molar-refractivity contribution in [3.8, 4) is 0 Å². The second-order valence-electron chi connectivity index (χ2n) is 8.76. The van der Waals surface area contributed by atoms with Gasteiger partial charge in [0.25, 0.3) is 0 Å². The van der Waals surface area contributed by atoms with Crippen LogP contribution in [0.15, 0.2) is 72.8 Å². The van der Waals surface area contributed by atoms with Crippen LogP contribution >= 0.6 is 11.3 Å². The third-order valence-electron chi connectivity index (χ3n) is 6.24. The molecule has 2 heterocycles. The molecule has 168 valence electrons. The van der Waals surface area contributed by atoms with Crippen LogP contribution in [0.3, 0.4) is 0 Å². The number of thiazole rings is 1. The topological polar surface area (TPSA) is 42.4 Å². The first-order chi connectivity index (χ1) is 16.1. The van der Waals surface area contributed by atoms with Crippen molar-refractivity contribution in [1.82, 2.24) is 4.98 Å². The van der Waals surface area contributed by atoms with Gasteiger partial charge in [-0.1, -0.05) is 78.1 Å². The van der Waals surface area contributed by atoms with Gasteiger partial charge in [0, 0.05) is 6.61 Å². The first-order valence-electron chi connectivity index (χ1n) is 11.5. The molecule has 1 aromatic heterocycles. The zero-order valence-electron chi connectivity index (χ0n) is 19.0. The van der Waals surface area contributed by atoms with Crippen molar-refractivity contribution in [2.45, 2.75) is 38.7 Å². The summed E-state index contributed by atoms with van der Waals surface area (Å²) in [5.41, 5.74) is 5.29. The lowest BCUT2D eigenvalue weighted by atomic mass is 9.90. The van der Waals surface area contributed by atoms with Gasteiger partial charge < -0.3 is 4.74 Å². The summed E-state index contributed by atoms with van der Waals surface area (Å²) in [7, 11) is 0. The molecule has 1 fully saturated rings. The maximum atomic E-state index is 14.3. The molecule has 3 aromatic carbocycles. The van der Waals surface area contributed by atoms with Crippen LogP contribution in [0.5, 0.6) is 0 Å². The van der Waals surface area contributed by atoms with Crippen molar-refractivity contribution in [2.24, 2.45) is 0 Å². The average Bonchev–Trinajstić information content (AvgIpc) is 3.49. The molecule has 0 saturated carbocycles. The molecule has 1 atom stereocenters. The van der Waals surface area contributed by atoms with E-state index < -0.39 is 5.92 Å². The van der Waals surface area contributed by atoms with E-state index in [2.05, 4.69) is 26.0 Å². The second kappa shape index (κ2) is 9.46. The van der Waals surface area contributed by atoms with E-state index in [1.54, 1.807) is 11.3 Å². The largest absolute Gasteiger partial charge is 0.376 e. The Morgan fingerprint density at radius 2 is 1.73 bits per heavy atom. The predicted octanol–water partition coefficient (Wildman–Crippen LogP) is 6.26. The van der Waals surface area contributed by atoms with Gasteiger partial charge in [0.2, 0.25) is 5.91 Å². The molecule has 0 spiro atoms. The first kappa shape index (κ1) is 21.8. The number of hydrogen-bond donors (Lipinski definition) is 0. The summed E-state index contributed by atoms with van der Waals surface area (Å²) in [5.74, 6) is -0.361. The summed E-state index contributed by atoms with van der Waals surface area (Å²) in [5, 5.41) is 0.746. The first-order valence-corrected chi connectivity index (χ1v) is 12.3. The van der Waals surface area contributed by atoms with E-state index in [1.807, 2.05) is 65.6 Å². The van der Waals surface area contributed by atoms with Gasteiger partial charge in [-0.2, -0.15) is 0 Å². The Labute approximate surface area is 198 Å². The predicted molar refractivity (Wildman–Crippen MR) is 135 cm³/mol. The fourth-order valence-electron chi connectivity index (χ4n) is 4.65. The van der Waals surface area contributed by atoms with Crippen molar-refractivity contribution >= 4 is 32.6 Å². The molecule has 1 saturated heterocycles. The van der Waals surface area contributed by atoms with E-state index in [1.165, 1.54) is 5.56 Å². The van der Waals surface area contributed by atoms with E-state index in [4.69, 9.17) is 9.72 Å². The highest BCUT2D eigenvalue weighted by molar-refractivity contribution is 7.22. The summed E-state index contributed by atoms with van der Waals surface area (Å²) in [6.07, 6.45) is 2.04. The lowest BCUT2D eigenvalue weighted by Gasteiger charge is -2.28. The minimum Gasteiger partial charge on any atom is -0.376 e. The number of aryl methyl sites for hydroxylation is 2. The maximum Gasteiger partial charge on any atom is 0.240 e. The quantitative estimate of drug-likeness (QED) is 0.344. The molecule has 1 amide bonds. The lowest BCUT2D eigenvalue weighted by molar-refractivity contribution is -0.119. The molecular formula is C28H28N2O2S. The van der Waals surface area contributed by atoms with Gasteiger partial charge in [-0.15, -0.1) is 0 Å². The van der Waals surface area contributed by atoms with Crippen LogP contribution < -0.4 is 4.90 Å². The minimum absolute atomic E-state index is 0.0380. The summed E-state index contributed by atoms with van der Waals surface area (Å²) in [4.78, 5) is 21.1. The van der Waals surface area contributed by atoms with Crippen molar-refractivity contribution in [1.29, 1.82) is 0 Å². The third-order valence-corrected chi connectivity index (χ3v) is 7.26. The number of carbonyl (C=O) groups is 1. The number of hydrogen-bond acceptors (Lipinski definition) is 4. The van der Waals surface area contributed by atoms with Crippen LogP contribution in [0, 0.1) is 13.8 Å². The zero-order chi connectivity index (χ0) is 22.8. The molecule has 5 heteroatoms. The molecule has 0 aliphatic carbocycles. The second-order valence-corrected chi connectivity index (χ2v) is 9.77. The number of amides is 1. The molecule has 1 unspecified atom stereocenters. The number of benzene rings is 3. The van der Waals surface area contributed by atoms with E-state index in [0.29, 0.717) is 6.54 Å². The highest BCUT2D eigenvalue weighted by atomic mass is 32.1. The molecule has 4 nitrogen and oxygen atoms in total. The van der Waals surface area contributed by atoms with Crippen LogP contribution in [0.1, 0.15) is 41.0 Å². The highest BCUT2D eigenvalue weighted by Crippen LogP contribution is 2.35. The Morgan fingerprint density at radius 1 is 1.06 bits per heavy atom. The molecule has 1 aliphatic heterocycles.